The van der Waals surface area contributed by atoms with Gasteiger partial charge in [-0.3, -0.25) is 9.69 Å². The lowest BCUT2D eigenvalue weighted by Crippen LogP contribution is -2.58. The summed E-state index contributed by atoms with van der Waals surface area (Å²) >= 11 is 1.60. The van der Waals surface area contributed by atoms with Crippen molar-refractivity contribution in [2.24, 2.45) is 0 Å². The normalized spacial score (nSPS) is 20.1. The predicted octanol–water partition coefficient (Wildman–Crippen LogP) is 4.04. The van der Waals surface area contributed by atoms with E-state index in [1.807, 2.05) is 16.8 Å². The highest BCUT2D eigenvalue weighted by atomic mass is 32.1. The van der Waals surface area contributed by atoms with Crippen LogP contribution < -0.4 is 5.32 Å². The summed E-state index contributed by atoms with van der Waals surface area (Å²) in [6, 6.07) is 1.96. The number of thiophene rings is 1. The molecule has 1 amide bonds. The van der Waals surface area contributed by atoms with Crippen LogP contribution in [0.3, 0.4) is 0 Å². The Hall–Kier alpha value is -1.73. The number of aryl methyl sites for hydroxylation is 1. The van der Waals surface area contributed by atoms with E-state index in [-0.39, 0.29) is 11.4 Å². The summed E-state index contributed by atoms with van der Waals surface area (Å²) in [6.45, 7) is 3.14. The maximum Gasteiger partial charge on any atom is 0.248 e. The summed E-state index contributed by atoms with van der Waals surface area (Å²) in [4.78, 5) is 15.2. The van der Waals surface area contributed by atoms with Crippen LogP contribution in [0.2, 0.25) is 0 Å². The Labute approximate surface area is 170 Å². The SMILES string of the molecule is O=C(CCc1nnc(-c2ccsc2)o1)NCC1(N2CCCCC2)CCCCC1. The van der Waals surface area contributed by atoms with Gasteiger partial charge in [0.25, 0.3) is 0 Å². The fourth-order valence-corrected chi connectivity index (χ4v) is 5.24. The molecule has 4 rings (SSSR count). The zero-order valence-corrected chi connectivity index (χ0v) is 17.3. The molecule has 1 aliphatic heterocycles. The second kappa shape index (κ2) is 9.18. The topological polar surface area (TPSA) is 71.3 Å². The monoisotopic (exact) mass is 402 g/mol. The Balaban J connectivity index is 1.29. The van der Waals surface area contributed by atoms with Crippen LogP contribution in [-0.2, 0) is 11.2 Å². The molecule has 6 nitrogen and oxygen atoms in total. The molecule has 0 aromatic carbocycles. The molecule has 2 aromatic heterocycles. The Kier molecular flexibility index (Phi) is 6.42. The number of nitrogens with one attached hydrogen (secondary N) is 1. The fourth-order valence-electron chi connectivity index (χ4n) is 4.61. The molecule has 0 radical (unpaired) electrons. The van der Waals surface area contributed by atoms with Crippen LogP contribution in [0.1, 0.15) is 63.7 Å². The van der Waals surface area contributed by atoms with Gasteiger partial charge < -0.3 is 9.73 Å². The van der Waals surface area contributed by atoms with Gasteiger partial charge >= 0.3 is 0 Å². The maximum absolute atomic E-state index is 12.5. The number of rotatable bonds is 7. The number of hydrogen-bond acceptors (Lipinski definition) is 6. The first-order valence-electron chi connectivity index (χ1n) is 10.6. The summed E-state index contributed by atoms with van der Waals surface area (Å²) in [5.74, 6) is 1.14. The molecule has 2 aromatic rings. The second-order valence-corrected chi connectivity index (χ2v) is 8.90. The van der Waals surface area contributed by atoms with E-state index in [1.165, 1.54) is 64.5 Å². The molecule has 2 fully saturated rings. The van der Waals surface area contributed by atoms with Gasteiger partial charge in [0, 0.05) is 35.9 Å². The lowest BCUT2D eigenvalue weighted by atomic mass is 9.79. The minimum atomic E-state index is 0.0808. The average molecular weight is 403 g/mol. The van der Waals surface area contributed by atoms with Crippen LogP contribution in [0.5, 0.6) is 0 Å². The Morgan fingerprint density at radius 1 is 1.14 bits per heavy atom. The molecule has 28 heavy (non-hydrogen) atoms. The minimum absolute atomic E-state index is 0.0808. The van der Waals surface area contributed by atoms with Crippen molar-refractivity contribution in [2.75, 3.05) is 19.6 Å². The van der Waals surface area contributed by atoms with Crippen LogP contribution in [0.4, 0.5) is 0 Å². The van der Waals surface area contributed by atoms with E-state index in [2.05, 4.69) is 20.4 Å². The third kappa shape index (κ3) is 4.63. The number of piperidine rings is 1. The molecule has 0 spiro atoms. The predicted molar refractivity (Wildman–Crippen MR) is 110 cm³/mol. The van der Waals surface area contributed by atoms with Gasteiger partial charge in [0.1, 0.15) is 0 Å². The molecule has 1 saturated heterocycles. The van der Waals surface area contributed by atoms with Crippen molar-refractivity contribution >= 4 is 17.2 Å². The molecule has 0 bridgehead atoms. The summed E-state index contributed by atoms with van der Waals surface area (Å²) in [5.41, 5.74) is 1.11. The number of amides is 1. The Morgan fingerprint density at radius 2 is 1.93 bits per heavy atom. The molecule has 1 N–H and O–H groups in total. The van der Waals surface area contributed by atoms with Crippen molar-refractivity contribution in [3.05, 3.63) is 22.7 Å². The van der Waals surface area contributed by atoms with Gasteiger partial charge in [-0.05, 0) is 50.2 Å². The minimum Gasteiger partial charge on any atom is -0.421 e. The molecular weight excluding hydrogens is 372 g/mol. The quantitative estimate of drug-likeness (QED) is 0.757. The first kappa shape index (κ1) is 19.6. The van der Waals surface area contributed by atoms with Crippen LogP contribution in [0, 0.1) is 0 Å². The lowest BCUT2D eigenvalue weighted by Gasteiger charge is -2.48. The summed E-state index contributed by atoms with van der Waals surface area (Å²) < 4.78 is 5.68. The van der Waals surface area contributed by atoms with Crippen LogP contribution in [0.25, 0.3) is 11.5 Å². The Bertz CT molecular complexity index is 746. The van der Waals surface area contributed by atoms with Crippen molar-refractivity contribution in [3.8, 4) is 11.5 Å². The van der Waals surface area contributed by atoms with Gasteiger partial charge in [0.05, 0.1) is 0 Å². The maximum atomic E-state index is 12.5. The largest absolute Gasteiger partial charge is 0.421 e. The van der Waals surface area contributed by atoms with Crippen molar-refractivity contribution < 1.29 is 9.21 Å². The number of carbonyl (C=O) groups is 1. The summed E-state index contributed by atoms with van der Waals surface area (Å²) in [7, 11) is 0. The van der Waals surface area contributed by atoms with Crippen molar-refractivity contribution in [1.82, 2.24) is 20.4 Å². The first-order chi connectivity index (χ1) is 13.8. The number of likely N-dealkylation sites (tertiary alicyclic amines) is 1. The summed E-state index contributed by atoms with van der Waals surface area (Å²) in [6.07, 6.45) is 11.1. The van der Waals surface area contributed by atoms with Gasteiger partial charge in [-0.15, -0.1) is 10.2 Å². The average Bonchev–Trinajstić information content (AvgIpc) is 3.44. The van der Waals surface area contributed by atoms with E-state index < -0.39 is 0 Å². The van der Waals surface area contributed by atoms with E-state index in [0.717, 1.165) is 12.1 Å². The van der Waals surface area contributed by atoms with Gasteiger partial charge in [-0.1, -0.05) is 25.7 Å². The van der Waals surface area contributed by atoms with Gasteiger partial charge in [-0.2, -0.15) is 11.3 Å². The van der Waals surface area contributed by atoms with E-state index in [1.54, 1.807) is 11.3 Å². The fraction of sp³-hybridized carbons (Fsp3) is 0.667. The van der Waals surface area contributed by atoms with Crippen LogP contribution >= 0.6 is 11.3 Å². The highest BCUT2D eigenvalue weighted by Gasteiger charge is 2.38. The Morgan fingerprint density at radius 3 is 2.68 bits per heavy atom. The third-order valence-corrected chi connectivity index (χ3v) is 6.91. The number of hydrogen-bond donors (Lipinski definition) is 1. The molecule has 1 aliphatic carbocycles. The number of nitrogens with zero attached hydrogens (tertiary/aromatic N) is 3. The summed E-state index contributed by atoms with van der Waals surface area (Å²) in [5, 5.41) is 15.3. The van der Waals surface area contributed by atoms with Crippen molar-refractivity contribution in [3.63, 3.8) is 0 Å². The van der Waals surface area contributed by atoms with E-state index in [4.69, 9.17) is 4.42 Å². The van der Waals surface area contributed by atoms with Crippen LogP contribution in [0.15, 0.2) is 21.2 Å². The molecule has 7 heteroatoms. The standard InChI is InChI=1S/C21H30N4O2S/c26-18(7-8-19-23-24-20(27-19)17-9-14-28-15-17)22-16-21(10-3-1-4-11-21)25-12-5-2-6-13-25/h9,14-15H,1-8,10-13,16H2,(H,22,26). The van der Waals surface area contributed by atoms with E-state index in [0.29, 0.717) is 24.6 Å². The zero-order chi connectivity index (χ0) is 19.2. The van der Waals surface area contributed by atoms with Gasteiger partial charge in [0.2, 0.25) is 17.7 Å². The molecule has 1 saturated carbocycles. The highest BCUT2D eigenvalue weighted by Crippen LogP contribution is 2.35. The molecule has 0 atom stereocenters. The van der Waals surface area contributed by atoms with Crippen LogP contribution in [-0.4, -0.2) is 46.2 Å². The first-order valence-corrected chi connectivity index (χ1v) is 11.6. The second-order valence-electron chi connectivity index (χ2n) is 8.12. The smallest absolute Gasteiger partial charge is 0.248 e. The molecule has 0 unspecified atom stereocenters. The molecule has 2 aliphatic rings. The van der Waals surface area contributed by atoms with E-state index >= 15 is 0 Å². The molecular formula is C21H30N4O2S. The number of carbonyl (C=O) groups excluding carboxylic acids is 1. The molecule has 152 valence electrons. The van der Waals surface area contributed by atoms with Crippen molar-refractivity contribution in [1.29, 1.82) is 0 Å². The molecule has 3 heterocycles. The highest BCUT2D eigenvalue weighted by molar-refractivity contribution is 7.08. The number of aromatic nitrogens is 2. The van der Waals surface area contributed by atoms with Crippen molar-refractivity contribution in [2.45, 2.75) is 69.7 Å². The lowest BCUT2D eigenvalue weighted by molar-refractivity contribution is -0.122. The van der Waals surface area contributed by atoms with E-state index in [9.17, 15) is 4.79 Å². The zero-order valence-electron chi connectivity index (χ0n) is 16.5. The van der Waals surface area contributed by atoms with Gasteiger partial charge in [0.15, 0.2) is 0 Å². The van der Waals surface area contributed by atoms with Gasteiger partial charge in [-0.25, -0.2) is 0 Å². The third-order valence-electron chi connectivity index (χ3n) is 6.23.